The van der Waals surface area contributed by atoms with Gasteiger partial charge in [-0.1, -0.05) is 18.5 Å². The Morgan fingerprint density at radius 3 is 2.56 bits per heavy atom. The minimum atomic E-state index is 0.0788. The topological polar surface area (TPSA) is 47.2 Å². The van der Waals surface area contributed by atoms with Gasteiger partial charge < -0.3 is 20.1 Å². The van der Waals surface area contributed by atoms with Crippen LogP contribution in [0, 0.1) is 0 Å². The van der Waals surface area contributed by atoms with Crippen LogP contribution < -0.4 is 10.2 Å². The van der Waals surface area contributed by atoms with Gasteiger partial charge in [-0.3, -0.25) is 0 Å². The summed E-state index contributed by atoms with van der Waals surface area (Å²) in [5.74, 6) is 0.909. The van der Waals surface area contributed by atoms with E-state index >= 15 is 0 Å². The van der Waals surface area contributed by atoms with Crippen molar-refractivity contribution in [2.45, 2.75) is 19.9 Å². The third-order valence-corrected chi connectivity index (χ3v) is 5.54. The van der Waals surface area contributed by atoms with E-state index in [1.54, 1.807) is 0 Å². The SMILES string of the molecule is CCN1CCN(c2ccc(NC(C)c3nc4ccc(Cl)cc4[nH]3)cc2)CC1. The summed E-state index contributed by atoms with van der Waals surface area (Å²) in [6, 6.07) is 14.5. The number of likely N-dealkylation sites (N-methyl/N-ethyl adjacent to an activating group) is 1. The van der Waals surface area contributed by atoms with Crippen molar-refractivity contribution in [2.75, 3.05) is 42.9 Å². The van der Waals surface area contributed by atoms with Crippen molar-refractivity contribution in [1.29, 1.82) is 0 Å². The molecule has 2 aromatic carbocycles. The second kappa shape index (κ2) is 7.79. The van der Waals surface area contributed by atoms with Crippen LogP contribution >= 0.6 is 11.6 Å². The number of H-pyrrole nitrogens is 1. The van der Waals surface area contributed by atoms with Crippen LogP contribution in [0.3, 0.4) is 0 Å². The van der Waals surface area contributed by atoms with Crippen molar-refractivity contribution >= 4 is 34.0 Å². The standard InChI is InChI=1S/C21H26ClN5/c1-3-26-10-12-27(13-11-26)18-7-5-17(6-8-18)23-15(2)21-24-19-9-4-16(22)14-20(19)25-21/h4-9,14-15,23H,3,10-13H2,1-2H3,(H,24,25). The number of nitrogens with one attached hydrogen (secondary N) is 2. The highest BCUT2D eigenvalue weighted by molar-refractivity contribution is 6.31. The van der Waals surface area contributed by atoms with Crippen molar-refractivity contribution in [1.82, 2.24) is 14.9 Å². The fraction of sp³-hybridized carbons (Fsp3) is 0.381. The van der Waals surface area contributed by atoms with Crippen LogP contribution in [0.5, 0.6) is 0 Å². The summed E-state index contributed by atoms with van der Waals surface area (Å²) in [7, 11) is 0. The maximum absolute atomic E-state index is 6.06. The van der Waals surface area contributed by atoms with Crippen LogP contribution in [-0.4, -0.2) is 47.6 Å². The molecule has 0 amide bonds. The van der Waals surface area contributed by atoms with Crippen molar-refractivity contribution in [3.63, 3.8) is 0 Å². The average molecular weight is 384 g/mol. The molecule has 0 bridgehead atoms. The number of fused-ring (bicyclic) bond motifs is 1. The lowest BCUT2D eigenvalue weighted by molar-refractivity contribution is 0.271. The smallest absolute Gasteiger partial charge is 0.129 e. The van der Waals surface area contributed by atoms with E-state index in [2.05, 4.69) is 63.2 Å². The minimum Gasteiger partial charge on any atom is -0.375 e. The predicted molar refractivity (Wildman–Crippen MR) is 114 cm³/mol. The lowest BCUT2D eigenvalue weighted by atomic mass is 10.2. The summed E-state index contributed by atoms with van der Waals surface area (Å²) in [5.41, 5.74) is 4.29. The van der Waals surface area contributed by atoms with Crippen LogP contribution in [-0.2, 0) is 0 Å². The average Bonchev–Trinajstić information content (AvgIpc) is 3.12. The zero-order valence-electron chi connectivity index (χ0n) is 15.9. The van der Waals surface area contributed by atoms with Crippen LogP contribution in [0.25, 0.3) is 11.0 Å². The van der Waals surface area contributed by atoms with Gasteiger partial charge in [0.2, 0.25) is 0 Å². The number of aromatic amines is 1. The number of aromatic nitrogens is 2. The highest BCUT2D eigenvalue weighted by atomic mass is 35.5. The van der Waals surface area contributed by atoms with E-state index in [-0.39, 0.29) is 6.04 Å². The predicted octanol–water partition coefficient (Wildman–Crippen LogP) is 4.53. The third kappa shape index (κ3) is 4.04. The molecule has 1 atom stereocenters. The lowest BCUT2D eigenvalue weighted by Gasteiger charge is -2.35. The van der Waals surface area contributed by atoms with E-state index in [0.717, 1.165) is 55.3 Å². The molecule has 27 heavy (non-hydrogen) atoms. The second-order valence-electron chi connectivity index (χ2n) is 7.12. The number of halogens is 1. The Morgan fingerprint density at radius 2 is 1.85 bits per heavy atom. The Labute approximate surface area is 165 Å². The maximum atomic E-state index is 6.06. The molecule has 1 aliphatic heterocycles. The maximum Gasteiger partial charge on any atom is 0.129 e. The van der Waals surface area contributed by atoms with Gasteiger partial charge in [-0.15, -0.1) is 0 Å². The van der Waals surface area contributed by atoms with Crippen molar-refractivity contribution in [2.24, 2.45) is 0 Å². The van der Waals surface area contributed by atoms with Crippen molar-refractivity contribution in [3.05, 3.63) is 53.3 Å². The summed E-state index contributed by atoms with van der Waals surface area (Å²) in [4.78, 5) is 13.0. The first kappa shape index (κ1) is 18.1. The highest BCUT2D eigenvalue weighted by Crippen LogP contribution is 2.24. The fourth-order valence-electron chi connectivity index (χ4n) is 3.62. The summed E-state index contributed by atoms with van der Waals surface area (Å²) < 4.78 is 0. The van der Waals surface area contributed by atoms with E-state index in [1.807, 2.05) is 18.2 Å². The molecule has 0 saturated carbocycles. The molecular weight excluding hydrogens is 358 g/mol. The van der Waals surface area contributed by atoms with E-state index < -0.39 is 0 Å². The molecule has 1 aliphatic rings. The molecule has 6 heteroatoms. The first-order valence-corrected chi connectivity index (χ1v) is 9.99. The molecule has 1 fully saturated rings. The molecule has 4 rings (SSSR count). The molecule has 5 nitrogen and oxygen atoms in total. The van der Waals surface area contributed by atoms with Crippen LogP contribution in [0.4, 0.5) is 11.4 Å². The zero-order valence-corrected chi connectivity index (χ0v) is 16.6. The third-order valence-electron chi connectivity index (χ3n) is 5.31. The van der Waals surface area contributed by atoms with Gasteiger partial charge in [0, 0.05) is 42.6 Å². The Morgan fingerprint density at radius 1 is 1.11 bits per heavy atom. The summed E-state index contributed by atoms with van der Waals surface area (Å²) in [6.07, 6.45) is 0. The molecule has 0 spiro atoms. The molecule has 2 heterocycles. The van der Waals surface area contributed by atoms with Gasteiger partial charge in [-0.2, -0.15) is 0 Å². The van der Waals surface area contributed by atoms with E-state index in [4.69, 9.17) is 11.6 Å². The number of piperazine rings is 1. The Hall–Kier alpha value is -2.24. The van der Waals surface area contributed by atoms with Gasteiger partial charge in [0.15, 0.2) is 0 Å². The largest absolute Gasteiger partial charge is 0.375 e. The fourth-order valence-corrected chi connectivity index (χ4v) is 3.79. The molecule has 2 N–H and O–H groups in total. The number of imidazole rings is 1. The van der Waals surface area contributed by atoms with Crippen LogP contribution in [0.15, 0.2) is 42.5 Å². The van der Waals surface area contributed by atoms with E-state index in [1.165, 1.54) is 5.69 Å². The Kier molecular flexibility index (Phi) is 5.23. The Bertz CT molecular complexity index is 897. The number of benzene rings is 2. The van der Waals surface area contributed by atoms with Crippen molar-refractivity contribution in [3.8, 4) is 0 Å². The minimum absolute atomic E-state index is 0.0788. The molecule has 142 valence electrons. The number of anilines is 2. The monoisotopic (exact) mass is 383 g/mol. The van der Waals surface area contributed by atoms with E-state index in [0.29, 0.717) is 5.02 Å². The van der Waals surface area contributed by atoms with Gasteiger partial charge in [0.05, 0.1) is 17.1 Å². The van der Waals surface area contributed by atoms with Crippen molar-refractivity contribution < 1.29 is 0 Å². The number of rotatable bonds is 5. The summed E-state index contributed by atoms with van der Waals surface area (Å²) >= 11 is 6.06. The number of nitrogens with zero attached hydrogens (tertiary/aromatic N) is 3. The van der Waals surface area contributed by atoms with Gasteiger partial charge in [-0.05, 0) is 55.9 Å². The second-order valence-corrected chi connectivity index (χ2v) is 7.55. The lowest BCUT2D eigenvalue weighted by Crippen LogP contribution is -2.46. The summed E-state index contributed by atoms with van der Waals surface area (Å²) in [5, 5.41) is 4.24. The zero-order chi connectivity index (χ0) is 18.8. The highest BCUT2D eigenvalue weighted by Gasteiger charge is 2.16. The molecular formula is C21H26ClN5. The first-order chi connectivity index (χ1) is 13.1. The van der Waals surface area contributed by atoms with Gasteiger partial charge >= 0.3 is 0 Å². The van der Waals surface area contributed by atoms with Gasteiger partial charge in [-0.25, -0.2) is 4.98 Å². The summed E-state index contributed by atoms with van der Waals surface area (Å²) in [6.45, 7) is 9.96. The Balaban J connectivity index is 1.41. The molecule has 3 aromatic rings. The quantitative estimate of drug-likeness (QED) is 0.679. The molecule has 1 unspecified atom stereocenters. The van der Waals surface area contributed by atoms with E-state index in [9.17, 15) is 0 Å². The van der Waals surface area contributed by atoms with Gasteiger partial charge in [0.1, 0.15) is 5.82 Å². The van der Waals surface area contributed by atoms with Crippen LogP contribution in [0.2, 0.25) is 5.02 Å². The first-order valence-electron chi connectivity index (χ1n) is 9.61. The van der Waals surface area contributed by atoms with Crippen LogP contribution in [0.1, 0.15) is 25.7 Å². The number of hydrogen-bond donors (Lipinski definition) is 2. The normalized spacial score (nSPS) is 16.6. The molecule has 1 saturated heterocycles. The molecule has 1 aromatic heterocycles. The number of hydrogen-bond acceptors (Lipinski definition) is 4. The van der Waals surface area contributed by atoms with Gasteiger partial charge in [0.25, 0.3) is 0 Å². The molecule has 0 aliphatic carbocycles. The molecule has 0 radical (unpaired) electrons.